The Morgan fingerprint density at radius 2 is 2.14 bits per heavy atom. The number of amides is 1. The van der Waals surface area contributed by atoms with Gasteiger partial charge in [-0.25, -0.2) is 0 Å². The van der Waals surface area contributed by atoms with Crippen molar-refractivity contribution in [2.75, 3.05) is 11.9 Å². The van der Waals surface area contributed by atoms with Gasteiger partial charge in [0.2, 0.25) is 0 Å². The lowest BCUT2D eigenvalue weighted by Crippen LogP contribution is -2.23. The summed E-state index contributed by atoms with van der Waals surface area (Å²) in [6.45, 7) is 7.16. The number of hydrogen-bond donors (Lipinski definition) is 2. The lowest BCUT2D eigenvalue weighted by atomic mass is 10.1. The van der Waals surface area contributed by atoms with Crippen LogP contribution in [-0.2, 0) is 6.54 Å². The Morgan fingerprint density at radius 1 is 1.33 bits per heavy atom. The van der Waals surface area contributed by atoms with Gasteiger partial charge < -0.3 is 15.2 Å². The molecule has 112 valence electrons. The van der Waals surface area contributed by atoms with E-state index in [9.17, 15) is 4.79 Å². The van der Waals surface area contributed by atoms with Crippen LogP contribution in [0.15, 0.2) is 28.8 Å². The first kappa shape index (κ1) is 15.1. The molecule has 0 unspecified atom stereocenters. The van der Waals surface area contributed by atoms with Crippen LogP contribution in [0.4, 0.5) is 5.69 Å². The molecular weight excluding hydrogens is 266 g/mol. The second-order valence-electron chi connectivity index (χ2n) is 4.99. The molecule has 1 amide bonds. The van der Waals surface area contributed by atoms with Crippen molar-refractivity contribution in [3.8, 4) is 0 Å². The lowest BCUT2D eigenvalue weighted by Gasteiger charge is -2.08. The van der Waals surface area contributed by atoms with E-state index in [1.54, 1.807) is 0 Å². The van der Waals surface area contributed by atoms with Gasteiger partial charge in [0.05, 0.1) is 5.69 Å². The van der Waals surface area contributed by atoms with Crippen LogP contribution >= 0.6 is 0 Å². The molecule has 5 nitrogen and oxygen atoms in total. The predicted molar refractivity (Wildman–Crippen MR) is 82.4 cm³/mol. The van der Waals surface area contributed by atoms with Crippen molar-refractivity contribution in [1.82, 2.24) is 10.5 Å². The minimum Gasteiger partial charge on any atom is -0.381 e. The van der Waals surface area contributed by atoms with Gasteiger partial charge in [0, 0.05) is 29.9 Å². The largest absolute Gasteiger partial charge is 0.381 e. The molecule has 0 radical (unpaired) electrons. The molecule has 2 N–H and O–H groups in total. The molecule has 0 fully saturated rings. The predicted octanol–water partition coefficient (Wildman–Crippen LogP) is 3.04. The Labute approximate surface area is 124 Å². The van der Waals surface area contributed by atoms with Crippen LogP contribution in [0, 0.1) is 13.8 Å². The first-order chi connectivity index (χ1) is 10.1. The van der Waals surface area contributed by atoms with E-state index in [4.69, 9.17) is 4.52 Å². The maximum absolute atomic E-state index is 11.9. The second-order valence-corrected chi connectivity index (χ2v) is 4.99. The molecule has 2 rings (SSSR count). The molecule has 1 aromatic heterocycles. The van der Waals surface area contributed by atoms with Gasteiger partial charge in [-0.1, -0.05) is 18.1 Å². The highest BCUT2D eigenvalue weighted by Crippen LogP contribution is 2.16. The molecule has 0 saturated heterocycles. The molecule has 0 aliphatic heterocycles. The fraction of sp³-hybridized carbons (Fsp3) is 0.375. The highest BCUT2D eigenvalue weighted by molar-refractivity contribution is 5.95. The van der Waals surface area contributed by atoms with Crippen molar-refractivity contribution in [3.05, 3.63) is 46.8 Å². The number of nitrogens with zero attached hydrogens (tertiary/aromatic N) is 1. The van der Waals surface area contributed by atoms with E-state index >= 15 is 0 Å². The minimum atomic E-state index is -0.0437. The number of rotatable bonds is 6. The molecule has 1 heterocycles. The fourth-order valence-corrected chi connectivity index (χ4v) is 2.06. The van der Waals surface area contributed by atoms with Crippen LogP contribution in [0.3, 0.4) is 0 Å². The van der Waals surface area contributed by atoms with Crippen LogP contribution in [0.5, 0.6) is 0 Å². The molecule has 2 aromatic rings. The van der Waals surface area contributed by atoms with Gasteiger partial charge >= 0.3 is 0 Å². The van der Waals surface area contributed by atoms with E-state index in [1.165, 1.54) is 0 Å². The SMILES string of the molecule is CCCNC(=O)c1cccc(NCc2c(C)noc2C)c1. The molecule has 0 aliphatic rings. The normalized spacial score (nSPS) is 10.4. The van der Waals surface area contributed by atoms with Crippen molar-refractivity contribution in [3.63, 3.8) is 0 Å². The molecule has 0 bridgehead atoms. The van der Waals surface area contributed by atoms with Gasteiger partial charge in [0.1, 0.15) is 5.76 Å². The summed E-state index contributed by atoms with van der Waals surface area (Å²) in [7, 11) is 0. The van der Waals surface area contributed by atoms with Crippen LogP contribution in [0.2, 0.25) is 0 Å². The maximum Gasteiger partial charge on any atom is 0.251 e. The highest BCUT2D eigenvalue weighted by Gasteiger charge is 2.09. The number of hydrogen-bond acceptors (Lipinski definition) is 4. The third kappa shape index (κ3) is 3.84. The number of aromatic nitrogens is 1. The van der Waals surface area contributed by atoms with Gasteiger partial charge in [0.15, 0.2) is 0 Å². The highest BCUT2D eigenvalue weighted by atomic mass is 16.5. The van der Waals surface area contributed by atoms with Crippen LogP contribution in [0.25, 0.3) is 0 Å². The van der Waals surface area contributed by atoms with Crippen LogP contribution in [0.1, 0.15) is 40.7 Å². The van der Waals surface area contributed by atoms with E-state index in [-0.39, 0.29) is 5.91 Å². The van der Waals surface area contributed by atoms with Crippen molar-refractivity contribution in [2.24, 2.45) is 0 Å². The summed E-state index contributed by atoms with van der Waals surface area (Å²) in [4.78, 5) is 11.9. The Kier molecular flexibility index (Phi) is 4.98. The number of carbonyl (C=O) groups excluding carboxylic acids is 1. The average molecular weight is 287 g/mol. The van der Waals surface area contributed by atoms with Crippen molar-refractivity contribution in [1.29, 1.82) is 0 Å². The summed E-state index contributed by atoms with van der Waals surface area (Å²) in [5.41, 5.74) is 3.50. The summed E-state index contributed by atoms with van der Waals surface area (Å²) in [5, 5.41) is 10.1. The number of anilines is 1. The number of nitrogens with one attached hydrogen (secondary N) is 2. The molecule has 1 aromatic carbocycles. The average Bonchev–Trinajstić information content (AvgIpc) is 2.82. The Morgan fingerprint density at radius 3 is 2.81 bits per heavy atom. The second kappa shape index (κ2) is 6.92. The Hall–Kier alpha value is -2.30. The quantitative estimate of drug-likeness (QED) is 0.857. The summed E-state index contributed by atoms with van der Waals surface area (Å²) in [6.07, 6.45) is 0.926. The lowest BCUT2D eigenvalue weighted by molar-refractivity contribution is 0.0953. The maximum atomic E-state index is 11.9. The monoisotopic (exact) mass is 287 g/mol. The van der Waals surface area contributed by atoms with Gasteiger partial charge in [-0.15, -0.1) is 0 Å². The first-order valence-electron chi connectivity index (χ1n) is 7.15. The molecule has 0 spiro atoms. The molecular formula is C16H21N3O2. The van der Waals surface area contributed by atoms with E-state index in [0.29, 0.717) is 18.7 Å². The van der Waals surface area contributed by atoms with Gasteiger partial charge in [-0.05, 0) is 38.5 Å². The fourth-order valence-electron chi connectivity index (χ4n) is 2.06. The van der Waals surface area contributed by atoms with Crippen molar-refractivity contribution in [2.45, 2.75) is 33.7 Å². The van der Waals surface area contributed by atoms with E-state index < -0.39 is 0 Å². The Bertz CT molecular complexity index is 600. The summed E-state index contributed by atoms with van der Waals surface area (Å²) >= 11 is 0. The smallest absolute Gasteiger partial charge is 0.251 e. The van der Waals surface area contributed by atoms with Gasteiger partial charge in [-0.2, -0.15) is 0 Å². The van der Waals surface area contributed by atoms with Gasteiger partial charge in [-0.3, -0.25) is 4.79 Å². The number of aryl methyl sites for hydroxylation is 2. The van der Waals surface area contributed by atoms with E-state index in [1.807, 2.05) is 45.0 Å². The summed E-state index contributed by atoms with van der Waals surface area (Å²) in [6, 6.07) is 7.47. The van der Waals surface area contributed by atoms with Crippen molar-refractivity contribution < 1.29 is 9.32 Å². The third-order valence-corrected chi connectivity index (χ3v) is 3.31. The molecule has 0 atom stereocenters. The van der Waals surface area contributed by atoms with Crippen molar-refractivity contribution >= 4 is 11.6 Å². The molecule has 0 saturated carbocycles. The number of carbonyl (C=O) groups is 1. The molecule has 5 heteroatoms. The molecule has 21 heavy (non-hydrogen) atoms. The Balaban J connectivity index is 2.03. The number of benzene rings is 1. The van der Waals surface area contributed by atoms with Gasteiger partial charge in [0.25, 0.3) is 5.91 Å². The zero-order valence-corrected chi connectivity index (χ0v) is 12.7. The van der Waals surface area contributed by atoms with E-state index in [0.717, 1.165) is 29.1 Å². The summed E-state index contributed by atoms with van der Waals surface area (Å²) in [5.74, 6) is 0.773. The standard InChI is InChI=1S/C16H21N3O2/c1-4-8-17-16(20)13-6-5-7-14(9-13)18-10-15-11(2)19-21-12(15)3/h5-7,9,18H,4,8,10H2,1-3H3,(H,17,20). The summed E-state index contributed by atoms with van der Waals surface area (Å²) < 4.78 is 5.14. The third-order valence-electron chi connectivity index (χ3n) is 3.31. The topological polar surface area (TPSA) is 67.2 Å². The first-order valence-corrected chi connectivity index (χ1v) is 7.15. The minimum absolute atomic E-state index is 0.0437. The zero-order chi connectivity index (χ0) is 15.2. The van der Waals surface area contributed by atoms with Crippen LogP contribution < -0.4 is 10.6 Å². The van der Waals surface area contributed by atoms with E-state index in [2.05, 4.69) is 15.8 Å². The zero-order valence-electron chi connectivity index (χ0n) is 12.7. The van der Waals surface area contributed by atoms with Crippen LogP contribution in [-0.4, -0.2) is 17.6 Å². The molecule has 0 aliphatic carbocycles.